The second kappa shape index (κ2) is 8.38. The number of nitrogens with one attached hydrogen (secondary N) is 1. The number of methoxy groups -OCH3 is 1. The van der Waals surface area contributed by atoms with E-state index in [1.165, 1.54) is 7.11 Å². The van der Waals surface area contributed by atoms with Crippen molar-refractivity contribution in [3.8, 4) is 0 Å². The lowest BCUT2D eigenvalue weighted by molar-refractivity contribution is -0.117. The van der Waals surface area contributed by atoms with E-state index in [0.717, 1.165) is 0 Å². The van der Waals surface area contributed by atoms with Gasteiger partial charge in [-0.25, -0.2) is 4.79 Å². The molecule has 0 aliphatic carbocycles. The zero-order chi connectivity index (χ0) is 18.6. The molecule has 8 heteroatoms. The molecule has 0 saturated heterocycles. The van der Waals surface area contributed by atoms with Crippen LogP contribution < -0.4 is 5.32 Å². The van der Waals surface area contributed by atoms with E-state index in [1.54, 1.807) is 42.3 Å². The minimum Gasteiger partial charge on any atom is -0.463 e. The lowest BCUT2D eigenvalue weighted by atomic mass is 10.2. The Labute approximate surface area is 155 Å². The second-order valence-corrected chi connectivity index (χ2v) is 6.28. The Kier molecular flexibility index (Phi) is 6.47. The number of ether oxygens (including phenoxy) is 1. The van der Waals surface area contributed by atoms with Crippen molar-refractivity contribution in [2.75, 3.05) is 26.0 Å². The molecule has 0 aliphatic heterocycles. The molecule has 1 N–H and O–H groups in total. The Balaban J connectivity index is 1.96. The number of esters is 1. The molecule has 6 nitrogen and oxygen atoms in total. The first-order valence-corrected chi connectivity index (χ1v) is 8.20. The lowest BCUT2D eigenvalue weighted by Crippen LogP contribution is -2.32. The summed E-state index contributed by atoms with van der Waals surface area (Å²) in [6, 6.07) is 7.89. The minimum absolute atomic E-state index is 0.121. The molecule has 1 amide bonds. The zero-order valence-corrected chi connectivity index (χ0v) is 15.5. The van der Waals surface area contributed by atoms with Crippen molar-refractivity contribution in [3.05, 3.63) is 51.9 Å². The monoisotopic (exact) mass is 384 g/mol. The van der Waals surface area contributed by atoms with Gasteiger partial charge in [0.25, 0.3) is 0 Å². The van der Waals surface area contributed by atoms with Crippen molar-refractivity contribution in [1.82, 2.24) is 4.90 Å². The van der Waals surface area contributed by atoms with E-state index in [-0.39, 0.29) is 24.3 Å². The van der Waals surface area contributed by atoms with Gasteiger partial charge in [0.1, 0.15) is 5.76 Å². The summed E-state index contributed by atoms with van der Waals surface area (Å²) >= 11 is 11.8. The van der Waals surface area contributed by atoms with Gasteiger partial charge in [-0.2, -0.15) is 0 Å². The quantitative estimate of drug-likeness (QED) is 0.761. The van der Waals surface area contributed by atoms with Crippen molar-refractivity contribution in [2.24, 2.45) is 0 Å². The van der Waals surface area contributed by atoms with Crippen LogP contribution in [0.1, 0.15) is 29.3 Å². The van der Waals surface area contributed by atoms with Gasteiger partial charge in [-0.3, -0.25) is 9.69 Å². The molecule has 0 fully saturated rings. The van der Waals surface area contributed by atoms with E-state index in [1.807, 2.05) is 6.92 Å². The Morgan fingerprint density at radius 3 is 2.60 bits per heavy atom. The van der Waals surface area contributed by atoms with Gasteiger partial charge in [0.15, 0.2) is 0 Å². The summed E-state index contributed by atoms with van der Waals surface area (Å²) < 4.78 is 10.1. The number of anilines is 1. The van der Waals surface area contributed by atoms with Gasteiger partial charge < -0.3 is 14.5 Å². The number of furan rings is 1. The first-order chi connectivity index (χ1) is 11.8. The molecule has 0 bridgehead atoms. The Morgan fingerprint density at radius 2 is 1.96 bits per heavy atom. The third-order valence-corrected chi connectivity index (χ3v) is 4.42. The van der Waals surface area contributed by atoms with E-state index in [0.29, 0.717) is 21.5 Å². The lowest BCUT2D eigenvalue weighted by Gasteiger charge is -2.22. The number of amides is 1. The van der Waals surface area contributed by atoms with Crippen LogP contribution in [0.2, 0.25) is 10.0 Å². The van der Waals surface area contributed by atoms with Gasteiger partial charge in [-0.1, -0.05) is 23.2 Å². The highest BCUT2D eigenvalue weighted by molar-refractivity contribution is 6.42. The predicted molar refractivity (Wildman–Crippen MR) is 96.2 cm³/mol. The Hall–Kier alpha value is -2.02. The largest absolute Gasteiger partial charge is 0.463 e. The number of halogens is 2. The van der Waals surface area contributed by atoms with E-state index in [4.69, 9.17) is 27.6 Å². The first-order valence-electron chi connectivity index (χ1n) is 7.45. The maximum Gasteiger partial charge on any atom is 0.373 e. The topological polar surface area (TPSA) is 71.8 Å². The summed E-state index contributed by atoms with van der Waals surface area (Å²) in [5.74, 6) is -0.0748. The van der Waals surface area contributed by atoms with Gasteiger partial charge in [0.05, 0.1) is 29.7 Å². The van der Waals surface area contributed by atoms with Crippen LogP contribution in [0.15, 0.2) is 34.7 Å². The third kappa shape index (κ3) is 4.98. The normalized spacial score (nSPS) is 12.1. The van der Waals surface area contributed by atoms with Crippen LogP contribution in [0, 0.1) is 0 Å². The highest BCUT2D eigenvalue weighted by Crippen LogP contribution is 2.25. The summed E-state index contributed by atoms with van der Waals surface area (Å²) in [4.78, 5) is 25.4. The number of hydrogen-bond acceptors (Lipinski definition) is 5. The number of carbonyl (C=O) groups excluding carboxylic acids is 2. The van der Waals surface area contributed by atoms with Crippen LogP contribution in [-0.4, -0.2) is 37.5 Å². The fraction of sp³-hybridized carbons (Fsp3) is 0.294. The van der Waals surface area contributed by atoms with Crippen molar-refractivity contribution in [1.29, 1.82) is 0 Å². The number of benzene rings is 1. The van der Waals surface area contributed by atoms with Gasteiger partial charge in [0.2, 0.25) is 11.7 Å². The number of nitrogens with zero attached hydrogens (tertiary/aromatic N) is 1. The molecule has 0 radical (unpaired) electrons. The van der Waals surface area contributed by atoms with E-state index >= 15 is 0 Å². The molecule has 2 rings (SSSR count). The molecule has 25 heavy (non-hydrogen) atoms. The fourth-order valence-electron chi connectivity index (χ4n) is 2.14. The average molecular weight is 385 g/mol. The SMILES string of the molecule is COC(=O)c1ccc([C@H](C)N(C)CC(=O)Nc2ccc(Cl)c(Cl)c2)o1. The van der Waals surface area contributed by atoms with Crippen LogP contribution in [0.5, 0.6) is 0 Å². The van der Waals surface area contributed by atoms with Crippen molar-refractivity contribution >= 4 is 40.8 Å². The molecule has 1 heterocycles. The van der Waals surface area contributed by atoms with Crippen molar-refractivity contribution in [3.63, 3.8) is 0 Å². The molecule has 1 aromatic carbocycles. The standard InChI is InChI=1S/C17H18Cl2N2O4/c1-10(14-6-7-15(25-14)17(23)24-3)21(2)9-16(22)20-11-4-5-12(18)13(19)8-11/h4-8,10H,9H2,1-3H3,(H,20,22)/t10-/m0/s1. The van der Waals surface area contributed by atoms with Gasteiger partial charge in [-0.05, 0) is 44.3 Å². The molecule has 134 valence electrons. The van der Waals surface area contributed by atoms with E-state index < -0.39 is 5.97 Å². The zero-order valence-electron chi connectivity index (χ0n) is 14.0. The summed E-state index contributed by atoms with van der Waals surface area (Å²) in [6.45, 7) is 1.99. The summed E-state index contributed by atoms with van der Waals surface area (Å²) in [6.07, 6.45) is 0. The summed E-state index contributed by atoms with van der Waals surface area (Å²) in [5.41, 5.74) is 0.562. The van der Waals surface area contributed by atoms with Gasteiger partial charge in [0, 0.05) is 5.69 Å². The molecule has 0 aliphatic rings. The smallest absolute Gasteiger partial charge is 0.373 e. The Bertz CT molecular complexity index is 776. The van der Waals surface area contributed by atoms with Crippen LogP contribution in [0.3, 0.4) is 0 Å². The molecule has 1 atom stereocenters. The van der Waals surface area contributed by atoms with Crippen LogP contribution in [0.4, 0.5) is 5.69 Å². The van der Waals surface area contributed by atoms with Crippen molar-refractivity contribution < 1.29 is 18.7 Å². The molecule has 0 spiro atoms. The van der Waals surface area contributed by atoms with E-state index in [2.05, 4.69) is 10.1 Å². The average Bonchev–Trinajstić information content (AvgIpc) is 3.06. The molecule has 1 aromatic heterocycles. The summed E-state index contributed by atoms with van der Waals surface area (Å²) in [5, 5.41) is 3.54. The first kappa shape index (κ1) is 19.3. The number of likely N-dealkylation sites (N-methyl/N-ethyl adjacent to an activating group) is 1. The predicted octanol–water partition coefficient (Wildman–Crippen LogP) is 4.00. The highest BCUT2D eigenvalue weighted by Gasteiger charge is 2.20. The molecule has 0 saturated carbocycles. The Morgan fingerprint density at radius 1 is 1.24 bits per heavy atom. The van der Waals surface area contributed by atoms with Crippen molar-refractivity contribution in [2.45, 2.75) is 13.0 Å². The molecule has 2 aromatic rings. The third-order valence-electron chi connectivity index (χ3n) is 3.68. The molecular weight excluding hydrogens is 367 g/mol. The molecule has 0 unspecified atom stereocenters. The highest BCUT2D eigenvalue weighted by atomic mass is 35.5. The van der Waals surface area contributed by atoms with Gasteiger partial charge in [-0.15, -0.1) is 0 Å². The number of carbonyl (C=O) groups is 2. The van der Waals surface area contributed by atoms with Crippen LogP contribution >= 0.6 is 23.2 Å². The van der Waals surface area contributed by atoms with Gasteiger partial charge >= 0.3 is 5.97 Å². The number of hydrogen-bond donors (Lipinski definition) is 1. The minimum atomic E-state index is -0.543. The number of rotatable bonds is 6. The second-order valence-electron chi connectivity index (χ2n) is 5.46. The fourth-order valence-corrected chi connectivity index (χ4v) is 2.44. The van der Waals surface area contributed by atoms with Crippen LogP contribution in [0.25, 0.3) is 0 Å². The van der Waals surface area contributed by atoms with Crippen LogP contribution in [-0.2, 0) is 9.53 Å². The summed E-state index contributed by atoms with van der Waals surface area (Å²) in [7, 11) is 3.06. The maximum absolute atomic E-state index is 12.2. The maximum atomic E-state index is 12.2. The molecular formula is C17H18Cl2N2O4. The van der Waals surface area contributed by atoms with E-state index in [9.17, 15) is 9.59 Å².